The fourth-order valence-corrected chi connectivity index (χ4v) is 8.43. The number of hydrogen-bond donors (Lipinski definition) is 3. The van der Waals surface area contributed by atoms with E-state index < -0.39 is 68.7 Å². The fraction of sp³-hybridized carbons (Fsp3) is 0.571. The number of carbonyl (C=O) groups is 5. The van der Waals surface area contributed by atoms with Crippen molar-refractivity contribution < 1.29 is 37.1 Å². The van der Waals surface area contributed by atoms with Crippen LogP contribution in [0.25, 0.3) is 6.08 Å². The maximum Gasteiger partial charge on any atom is 0.410 e. The first-order valence-corrected chi connectivity index (χ1v) is 18.8. The van der Waals surface area contributed by atoms with Crippen molar-refractivity contribution in [2.45, 2.75) is 113 Å². The maximum absolute atomic E-state index is 14.2. The quantitative estimate of drug-likeness (QED) is 0.331. The third-order valence-corrected chi connectivity index (χ3v) is 12.0. The second kappa shape index (κ2) is 14.0. The highest BCUT2D eigenvalue weighted by Crippen LogP contribution is 2.45. The molecule has 2 aliphatic carbocycles. The summed E-state index contributed by atoms with van der Waals surface area (Å²) < 4.78 is 33.3. The van der Waals surface area contributed by atoms with Crippen LogP contribution < -0.4 is 15.4 Å². The van der Waals surface area contributed by atoms with E-state index in [0.29, 0.717) is 51.6 Å². The highest BCUT2D eigenvalue weighted by Gasteiger charge is 2.62. The van der Waals surface area contributed by atoms with E-state index in [9.17, 15) is 32.4 Å². The smallest absolute Gasteiger partial charge is 0.410 e. The predicted molar refractivity (Wildman–Crippen MR) is 180 cm³/mol. The first-order valence-electron chi connectivity index (χ1n) is 17.3. The Morgan fingerprint density at radius 1 is 1.18 bits per heavy atom. The van der Waals surface area contributed by atoms with Crippen LogP contribution in [0.4, 0.5) is 4.79 Å². The van der Waals surface area contributed by atoms with Gasteiger partial charge < -0.3 is 20.3 Å². The van der Waals surface area contributed by atoms with E-state index >= 15 is 0 Å². The molecule has 3 fully saturated rings. The summed E-state index contributed by atoms with van der Waals surface area (Å²) in [4.78, 5) is 71.1. The van der Waals surface area contributed by atoms with E-state index in [0.717, 1.165) is 23.1 Å². The van der Waals surface area contributed by atoms with Gasteiger partial charge in [0, 0.05) is 25.3 Å². The van der Waals surface area contributed by atoms with Crippen molar-refractivity contribution in [3.05, 3.63) is 53.6 Å². The van der Waals surface area contributed by atoms with Gasteiger partial charge >= 0.3 is 6.09 Å². The Morgan fingerprint density at radius 2 is 1.98 bits per heavy atom. The van der Waals surface area contributed by atoms with Crippen molar-refractivity contribution in [1.29, 1.82) is 0 Å². The molecular weight excluding hydrogens is 650 g/mol. The minimum absolute atomic E-state index is 0.0383. The minimum atomic E-state index is -3.88. The van der Waals surface area contributed by atoms with Crippen LogP contribution in [-0.2, 0) is 47.0 Å². The van der Waals surface area contributed by atoms with Gasteiger partial charge in [-0.05, 0) is 55.2 Å². The average molecular weight is 696 g/mol. The molecule has 264 valence electrons. The van der Waals surface area contributed by atoms with Gasteiger partial charge in [-0.15, -0.1) is 6.58 Å². The second-order valence-corrected chi connectivity index (χ2v) is 15.8. The molecule has 0 radical (unpaired) electrons. The molecule has 14 heteroatoms. The molecule has 0 spiro atoms. The standard InChI is InChI=1S/C35H45N5O8S/c1-3-5-13-28-32(43)40-20-25(17-29(40)31(42)37-35(18-24(35)4-2)33(44)38-49(46,47)26-15-16-26)48-34(45)39-19-23-12-9-11-22(27(23)21-39)10-7-6-8-14-30(41)36-28/h4,7,9-12,24-26,28-29H,2-3,5-6,8,13-21H2,1H3,(H,36,41)(H,37,42)(H,38,44)/b10-7+/t24-,25-,28+,29+,35-/m1/s1. The van der Waals surface area contributed by atoms with Gasteiger partial charge in [-0.2, -0.15) is 0 Å². The Hall–Kier alpha value is -4.20. The molecule has 1 aromatic carbocycles. The highest BCUT2D eigenvalue weighted by molar-refractivity contribution is 7.91. The Labute approximate surface area is 286 Å². The van der Waals surface area contributed by atoms with Crippen molar-refractivity contribution in [3.63, 3.8) is 0 Å². The molecule has 4 bridgehead atoms. The van der Waals surface area contributed by atoms with Crippen LogP contribution in [0, 0.1) is 5.92 Å². The number of rotatable bonds is 9. The molecule has 13 nitrogen and oxygen atoms in total. The van der Waals surface area contributed by atoms with Crippen molar-refractivity contribution in [2.24, 2.45) is 5.92 Å². The van der Waals surface area contributed by atoms with Gasteiger partial charge in [0.1, 0.15) is 23.7 Å². The highest BCUT2D eigenvalue weighted by atomic mass is 32.2. The molecule has 0 unspecified atom stereocenters. The molecule has 3 aliphatic heterocycles. The van der Waals surface area contributed by atoms with E-state index in [2.05, 4.69) is 21.9 Å². The van der Waals surface area contributed by atoms with E-state index in [1.165, 1.54) is 11.0 Å². The van der Waals surface area contributed by atoms with Crippen LogP contribution in [0.5, 0.6) is 0 Å². The van der Waals surface area contributed by atoms with Gasteiger partial charge in [0.05, 0.1) is 18.3 Å². The van der Waals surface area contributed by atoms with Gasteiger partial charge in [0.25, 0.3) is 5.91 Å². The van der Waals surface area contributed by atoms with Crippen LogP contribution in [0.2, 0.25) is 0 Å². The van der Waals surface area contributed by atoms with E-state index in [1.54, 1.807) is 4.90 Å². The van der Waals surface area contributed by atoms with Crippen molar-refractivity contribution in [1.82, 2.24) is 25.2 Å². The lowest BCUT2D eigenvalue weighted by molar-refractivity contribution is -0.142. The largest absolute Gasteiger partial charge is 0.444 e. The molecule has 2 saturated carbocycles. The van der Waals surface area contributed by atoms with Crippen molar-refractivity contribution >= 4 is 45.8 Å². The van der Waals surface area contributed by atoms with Gasteiger partial charge in [0.2, 0.25) is 27.7 Å². The Bertz CT molecular complexity index is 1670. The molecule has 3 heterocycles. The number of amides is 5. The van der Waals surface area contributed by atoms with Gasteiger partial charge in [-0.25, -0.2) is 13.2 Å². The lowest BCUT2D eigenvalue weighted by Crippen LogP contribution is -2.58. The maximum atomic E-state index is 14.2. The van der Waals surface area contributed by atoms with Crippen LogP contribution in [0.15, 0.2) is 36.9 Å². The monoisotopic (exact) mass is 695 g/mol. The second-order valence-electron chi connectivity index (χ2n) is 13.8. The lowest BCUT2D eigenvalue weighted by Gasteiger charge is -2.30. The topological polar surface area (TPSA) is 171 Å². The predicted octanol–water partition coefficient (Wildman–Crippen LogP) is 2.65. The van der Waals surface area contributed by atoms with Gasteiger partial charge in [-0.3, -0.25) is 28.8 Å². The summed E-state index contributed by atoms with van der Waals surface area (Å²) in [6.45, 7) is 6.34. The van der Waals surface area contributed by atoms with E-state index in [1.807, 2.05) is 37.3 Å². The molecule has 1 saturated heterocycles. The van der Waals surface area contributed by atoms with Crippen LogP contribution >= 0.6 is 0 Å². The number of sulfonamides is 1. The lowest BCUT2D eigenvalue weighted by atomic mass is 10.0. The van der Waals surface area contributed by atoms with Gasteiger partial charge in [0.15, 0.2) is 0 Å². The van der Waals surface area contributed by atoms with Gasteiger partial charge in [-0.1, -0.05) is 56.2 Å². The Kier molecular flexibility index (Phi) is 9.88. The van der Waals surface area contributed by atoms with Crippen molar-refractivity contribution in [3.8, 4) is 0 Å². The zero-order chi connectivity index (χ0) is 34.9. The zero-order valence-electron chi connectivity index (χ0n) is 27.8. The number of nitrogens with zero attached hydrogens (tertiary/aromatic N) is 2. The molecule has 3 N–H and O–H groups in total. The fourth-order valence-electron chi connectivity index (χ4n) is 7.07. The summed E-state index contributed by atoms with van der Waals surface area (Å²) in [5.74, 6) is -2.79. The third kappa shape index (κ3) is 7.38. The number of unbranched alkanes of at least 4 members (excludes halogenated alkanes) is 1. The van der Waals surface area contributed by atoms with Crippen LogP contribution in [0.1, 0.15) is 87.8 Å². The zero-order valence-corrected chi connectivity index (χ0v) is 28.6. The summed E-state index contributed by atoms with van der Waals surface area (Å²) in [5, 5.41) is 5.00. The number of allylic oxidation sites excluding steroid dienone is 1. The Morgan fingerprint density at radius 3 is 2.69 bits per heavy atom. The number of hydrogen-bond acceptors (Lipinski definition) is 8. The molecular formula is C35H45N5O8S. The summed E-state index contributed by atoms with van der Waals surface area (Å²) in [6.07, 6.45) is 8.35. The van der Waals surface area contributed by atoms with Crippen molar-refractivity contribution in [2.75, 3.05) is 6.54 Å². The number of ether oxygens (including phenoxy) is 1. The normalized spacial score (nSPS) is 29.3. The SMILES string of the molecule is C=C[C@@H]1C[C@]1(NC(=O)[C@@H]1C[C@@H]2CN1C(=O)[C@H](CCCC)NC(=O)CCC/C=C/c1cccc3c1CN(C3)C(=O)O2)C(=O)NS(=O)(=O)C1CC1. The molecule has 6 rings (SSSR count). The number of carbonyl (C=O) groups excluding carboxylic acids is 5. The number of nitrogens with one attached hydrogen (secondary N) is 3. The summed E-state index contributed by atoms with van der Waals surface area (Å²) in [7, 11) is -3.88. The molecule has 5 aliphatic rings. The molecule has 5 amide bonds. The number of fused-ring (bicyclic) bond motifs is 3. The van der Waals surface area contributed by atoms with E-state index in [-0.39, 0.29) is 31.7 Å². The Balaban J connectivity index is 1.26. The molecule has 1 aromatic rings. The summed E-state index contributed by atoms with van der Waals surface area (Å²) >= 11 is 0. The first kappa shape index (κ1) is 34.7. The van der Waals surface area contributed by atoms with Crippen LogP contribution in [0.3, 0.4) is 0 Å². The molecule has 5 atom stereocenters. The molecule has 49 heavy (non-hydrogen) atoms. The first-order chi connectivity index (χ1) is 23.5. The number of benzene rings is 1. The summed E-state index contributed by atoms with van der Waals surface area (Å²) in [5.41, 5.74) is 1.47. The van der Waals surface area contributed by atoms with E-state index in [4.69, 9.17) is 4.74 Å². The minimum Gasteiger partial charge on any atom is -0.444 e. The molecule has 0 aromatic heterocycles. The average Bonchev–Trinajstić information content (AvgIpc) is 3.96. The van der Waals surface area contributed by atoms with Crippen LogP contribution in [-0.4, -0.2) is 83.5 Å². The third-order valence-electron chi connectivity index (χ3n) is 10.2. The summed E-state index contributed by atoms with van der Waals surface area (Å²) in [6, 6.07) is 3.85.